The summed E-state index contributed by atoms with van der Waals surface area (Å²) in [4.78, 5) is 4.61. The van der Waals surface area contributed by atoms with Gasteiger partial charge in [-0.15, -0.1) is 0 Å². The van der Waals surface area contributed by atoms with Gasteiger partial charge in [0.1, 0.15) is 0 Å². The third kappa shape index (κ3) is 8.52. The minimum absolute atomic E-state index is 0.682. The molecule has 0 aliphatic heterocycles. The summed E-state index contributed by atoms with van der Waals surface area (Å²) in [5.74, 6) is 0.682. The second kappa shape index (κ2) is 8.83. The third-order valence-electron chi connectivity index (χ3n) is 2.55. The summed E-state index contributed by atoms with van der Waals surface area (Å²) in [5.41, 5.74) is 1.24. The van der Waals surface area contributed by atoms with Crippen molar-refractivity contribution >= 4 is 14.3 Å². The van der Waals surface area contributed by atoms with Crippen molar-refractivity contribution in [1.82, 2.24) is 0 Å². The average molecular weight is 259 g/mol. The minimum Gasteiger partial charge on any atom is -0.395 e. The van der Waals surface area contributed by atoms with Crippen LogP contribution in [0.25, 0.3) is 0 Å². The molecule has 0 saturated carbocycles. The fraction of sp³-hybridized carbons (Fsp3) is 0.923. The number of hydrogen-bond donors (Lipinski definition) is 0. The molecule has 0 unspecified atom stereocenters. The molecule has 0 bridgehead atoms. The lowest BCUT2D eigenvalue weighted by Crippen LogP contribution is -2.39. The lowest BCUT2D eigenvalue weighted by Gasteiger charge is -2.25. The van der Waals surface area contributed by atoms with Gasteiger partial charge in [-0.25, -0.2) is 0 Å². The van der Waals surface area contributed by atoms with Crippen LogP contribution in [0.3, 0.4) is 0 Å². The Morgan fingerprint density at radius 1 is 1.18 bits per heavy atom. The Hall–Kier alpha value is -0.193. The first-order chi connectivity index (χ1) is 7.93. The molecule has 0 aromatic heterocycles. The average Bonchev–Trinajstić information content (AvgIpc) is 2.16. The minimum atomic E-state index is -1.96. The van der Waals surface area contributed by atoms with Crippen molar-refractivity contribution < 1.29 is 8.85 Å². The Balaban J connectivity index is 4.12. The lowest BCUT2D eigenvalue weighted by atomic mass is 10.1. The molecule has 0 aliphatic rings. The van der Waals surface area contributed by atoms with Crippen LogP contribution in [0.5, 0.6) is 0 Å². The molecule has 0 amide bonds. The molecule has 0 rings (SSSR count). The predicted molar refractivity (Wildman–Crippen MR) is 77.1 cm³/mol. The molecular weight excluding hydrogens is 230 g/mol. The maximum Gasteiger partial charge on any atom is 0.336 e. The van der Waals surface area contributed by atoms with Crippen molar-refractivity contribution in [2.24, 2.45) is 10.9 Å². The molecule has 0 aliphatic carbocycles. The second-order valence-electron chi connectivity index (χ2n) is 4.96. The smallest absolute Gasteiger partial charge is 0.336 e. The summed E-state index contributed by atoms with van der Waals surface area (Å²) < 4.78 is 11.6. The standard InChI is InChI=1S/C13H29NO2Si/c1-7-15-17(6,16-8-2)10-9-14-13(5)11-12(3)4/h12H,7-11H2,1-6H3/b14-13-. The summed E-state index contributed by atoms with van der Waals surface area (Å²) >= 11 is 0. The maximum atomic E-state index is 5.78. The Bertz CT molecular complexity index is 223. The van der Waals surface area contributed by atoms with Gasteiger partial charge in [-0.05, 0) is 39.7 Å². The predicted octanol–water partition coefficient (Wildman–Crippen LogP) is 3.64. The SMILES string of the molecule is CCO[Si](C)(CC/N=C(/C)CC(C)C)OCC. The highest BCUT2D eigenvalue weighted by Gasteiger charge is 2.29. The molecule has 0 heterocycles. The molecule has 102 valence electrons. The van der Waals surface area contributed by atoms with E-state index in [0.29, 0.717) is 5.92 Å². The van der Waals surface area contributed by atoms with Gasteiger partial charge in [0.05, 0.1) is 0 Å². The Morgan fingerprint density at radius 2 is 1.71 bits per heavy atom. The van der Waals surface area contributed by atoms with Gasteiger partial charge < -0.3 is 8.85 Å². The van der Waals surface area contributed by atoms with Gasteiger partial charge in [0.25, 0.3) is 0 Å². The van der Waals surface area contributed by atoms with Crippen molar-refractivity contribution in [3.63, 3.8) is 0 Å². The number of rotatable bonds is 9. The van der Waals surface area contributed by atoms with Crippen molar-refractivity contribution in [3.05, 3.63) is 0 Å². The highest BCUT2D eigenvalue weighted by Crippen LogP contribution is 2.14. The summed E-state index contributed by atoms with van der Waals surface area (Å²) in [6.45, 7) is 15.0. The molecule has 4 heteroatoms. The van der Waals surface area contributed by atoms with E-state index in [1.54, 1.807) is 0 Å². The zero-order valence-corrected chi connectivity index (χ0v) is 13.4. The zero-order valence-electron chi connectivity index (χ0n) is 12.4. The Morgan fingerprint density at radius 3 is 2.12 bits per heavy atom. The van der Waals surface area contributed by atoms with E-state index in [1.165, 1.54) is 5.71 Å². The van der Waals surface area contributed by atoms with Crippen LogP contribution < -0.4 is 0 Å². The fourth-order valence-corrected chi connectivity index (χ4v) is 4.01. The van der Waals surface area contributed by atoms with Crippen LogP contribution in [0.15, 0.2) is 4.99 Å². The van der Waals surface area contributed by atoms with Gasteiger partial charge in [-0.3, -0.25) is 4.99 Å². The fourth-order valence-electron chi connectivity index (χ4n) is 1.90. The van der Waals surface area contributed by atoms with Gasteiger partial charge >= 0.3 is 8.56 Å². The Kier molecular flexibility index (Phi) is 8.73. The summed E-state index contributed by atoms with van der Waals surface area (Å²) in [7, 11) is -1.96. The molecule has 0 atom stereocenters. The molecule has 0 aromatic carbocycles. The lowest BCUT2D eigenvalue weighted by molar-refractivity contribution is 0.189. The van der Waals surface area contributed by atoms with E-state index < -0.39 is 8.56 Å². The van der Waals surface area contributed by atoms with Gasteiger partial charge in [0.15, 0.2) is 0 Å². The number of hydrogen-bond acceptors (Lipinski definition) is 3. The van der Waals surface area contributed by atoms with E-state index in [9.17, 15) is 0 Å². The molecule has 0 spiro atoms. The van der Waals surface area contributed by atoms with Crippen LogP contribution in [-0.4, -0.2) is 34.0 Å². The van der Waals surface area contributed by atoms with Crippen molar-refractivity contribution in [1.29, 1.82) is 0 Å². The van der Waals surface area contributed by atoms with Gasteiger partial charge in [0, 0.05) is 31.5 Å². The van der Waals surface area contributed by atoms with Crippen LogP contribution in [0.1, 0.15) is 41.0 Å². The van der Waals surface area contributed by atoms with Crippen LogP contribution in [0, 0.1) is 5.92 Å². The molecule has 3 nitrogen and oxygen atoms in total. The quantitative estimate of drug-likeness (QED) is 0.467. The number of aliphatic imine (C=N–C) groups is 1. The van der Waals surface area contributed by atoms with Crippen molar-refractivity contribution in [3.8, 4) is 0 Å². The first-order valence-electron chi connectivity index (χ1n) is 6.71. The third-order valence-corrected chi connectivity index (χ3v) is 5.48. The van der Waals surface area contributed by atoms with Crippen molar-refractivity contribution in [2.45, 2.75) is 53.6 Å². The highest BCUT2D eigenvalue weighted by molar-refractivity contribution is 6.66. The van der Waals surface area contributed by atoms with E-state index in [0.717, 1.165) is 32.2 Å². The molecule has 0 aromatic rings. The second-order valence-corrected chi connectivity index (χ2v) is 8.31. The molecule has 0 saturated heterocycles. The zero-order chi connectivity index (χ0) is 13.3. The topological polar surface area (TPSA) is 30.8 Å². The molecule has 0 radical (unpaired) electrons. The maximum absolute atomic E-state index is 5.78. The van der Waals surface area contributed by atoms with E-state index in [-0.39, 0.29) is 0 Å². The van der Waals surface area contributed by atoms with E-state index in [2.05, 4.69) is 32.3 Å². The number of nitrogens with zero attached hydrogens (tertiary/aromatic N) is 1. The van der Waals surface area contributed by atoms with E-state index >= 15 is 0 Å². The molecular formula is C13H29NO2Si. The van der Waals surface area contributed by atoms with Gasteiger partial charge in [-0.1, -0.05) is 13.8 Å². The largest absolute Gasteiger partial charge is 0.395 e. The highest BCUT2D eigenvalue weighted by atomic mass is 28.4. The van der Waals surface area contributed by atoms with Crippen LogP contribution in [0.2, 0.25) is 12.6 Å². The van der Waals surface area contributed by atoms with Gasteiger partial charge in [0.2, 0.25) is 0 Å². The monoisotopic (exact) mass is 259 g/mol. The van der Waals surface area contributed by atoms with E-state index in [1.807, 2.05) is 13.8 Å². The van der Waals surface area contributed by atoms with Crippen LogP contribution in [0.4, 0.5) is 0 Å². The summed E-state index contributed by atoms with van der Waals surface area (Å²) in [5, 5.41) is 0. The van der Waals surface area contributed by atoms with Crippen LogP contribution in [-0.2, 0) is 8.85 Å². The molecule has 17 heavy (non-hydrogen) atoms. The first-order valence-corrected chi connectivity index (χ1v) is 9.23. The summed E-state index contributed by atoms with van der Waals surface area (Å²) in [6.07, 6.45) is 1.08. The normalized spacial score (nSPS) is 13.5. The van der Waals surface area contributed by atoms with Gasteiger partial charge in [-0.2, -0.15) is 0 Å². The molecule has 0 N–H and O–H groups in total. The van der Waals surface area contributed by atoms with Crippen molar-refractivity contribution in [2.75, 3.05) is 19.8 Å². The van der Waals surface area contributed by atoms with Crippen LogP contribution >= 0.6 is 0 Å². The Labute approximate surface area is 108 Å². The van der Waals surface area contributed by atoms with E-state index in [4.69, 9.17) is 8.85 Å². The summed E-state index contributed by atoms with van der Waals surface area (Å²) in [6, 6.07) is 0.949. The first kappa shape index (κ1) is 16.8. The molecule has 0 fully saturated rings.